The minimum atomic E-state index is 0.573. The van der Waals surface area contributed by atoms with Gasteiger partial charge in [0.05, 0.1) is 17.2 Å². The maximum Gasteiger partial charge on any atom is 0.143 e. The smallest absolute Gasteiger partial charge is 0.143 e. The summed E-state index contributed by atoms with van der Waals surface area (Å²) in [4.78, 5) is 0. The quantitative estimate of drug-likeness (QED) is 0.219. The second-order valence-corrected chi connectivity index (χ2v) is 11.4. The van der Waals surface area contributed by atoms with Crippen LogP contribution in [0.3, 0.4) is 0 Å². The Kier molecular flexibility index (Phi) is 5.44. The van der Waals surface area contributed by atoms with E-state index < -0.39 is 0 Å². The molecule has 6 aromatic carbocycles. The van der Waals surface area contributed by atoms with E-state index in [-0.39, 0.29) is 0 Å². The van der Waals surface area contributed by atoms with E-state index in [4.69, 9.17) is 4.42 Å². The van der Waals surface area contributed by atoms with E-state index in [9.17, 15) is 10.5 Å². The summed E-state index contributed by atoms with van der Waals surface area (Å²) in [6.45, 7) is 0. The molecule has 194 valence electrons. The van der Waals surface area contributed by atoms with Crippen LogP contribution in [0.25, 0.3) is 75.5 Å². The molecule has 2 aromatic heterocycles. The highest BCUT2D eigenvalue weighted by molar-refractivity contribution is 7.25. The average molecular weight is 553 g/mol. The van der Waals surface area contributed by atoms with Gasteiger partial charge in [-0.05, 0) is 53.1 Å². The molecule has 8 aromatic rings. The van der Waals surface area contributed by atoms with E-state index >= 15 is 0 Å². The topological polar surface area (TPSA) is 60.7 Å². The second-order valence-electron chi connectivity index (χ2n) is 10.3. The molecule has 2 heterocycles. The van der Waals surface area contributed by atoms with Crippen LogP contribution in [0, 0.1) is 22.7 Å². The molecule has 0 spiro atoms. The molecule has 8 rings (SSSR count). The Hall–Kier alpha value is -5.68. The van der Waals surface area contributed by atoms with Gasteiger partial charge in [-0.3, -0.25) is 0 Å². The van der Waals surface area contributed by atoms with Crippen LogP contribution in [-0.2, 0) is 0 Å². The van der Waals surface area contributed by atoms with Crippen molar-refractivity contribution in [2.45, 2.75) is 0 Å². The number of nitrogens with zero attached hydrogens (tertiary/aromatic N) is 2. The Morgan fingerprint density at radius 2 is 1.17 bits per heavy atom. The lowest BCUT2D eigenvalue weighted by Gasteiger charge is -2.16. The number of furan rings is 1. The molecule has 4 heteroatoms. The predicted octanol–water partition coefficient (Wildman–Crippen LogP) is 10.7. The van der Waals surface area contributed by atoms with E-state index in [1.807, 2.05) is 60.7 Å². The first-order chi connectivity index (χ1) is 20.7. The molecule has 0 aliphatic heterocycles. The molecule has 0 saturated heterocycles. The number of hydrogen-bond donors (Lipinski definition) is 0. The fraction of sp³-hybridized carbons (Fsp3) is 0. The average Bonchev–Trinajstić information content (AvgIpc) is 3.62. The summed E-state index contributed by atoms with van der Waals surface area (Å²) in [6.07, 6.45) is 0. The first-order valence-corrected chi connectivity index (χ1v) is 14.5. The van der Waals surface area contributed by atoms with Gasteiger partial charge >= 0.3 is 0 Å². The van der Waals surface area contributed by atoms with Crippen molar-refractivity contribution in [3.05, 3.63) is 132 Å². The molecule has 42 heavy (non-hydrogen) atoms. The van der Waals surface area contributed by atoms with E-state index in [1.165, 1.54) is 14.8 Å². The number of fused-ring (bicyclic) bond motifs is 6. The van der Waals surface area contributed by atoms with Crippen LogP contribution in [-0.4, -0.2) is 0 Å². The van der Waals surface area contributed by atoms with Crippen LogP contribution in [0.5, 0.6) is 0 Å². The van der Waals surface area contributed by atoms with Gasteiger partial charge in [-0.2, -0.15) is 10.5 Å². The van der Waals surface area contributed by atoms with Crippen LogP contribution in [0.2, 0.25) is 0 Å². The summed E-state index contributed by atoms with van der Waals surface area (Å²) in [5, 5.41) is 25.1. The Morgan fingerprint density at radius 1 is 0.524 bits per heavy atom. The van der Waals surface area contributed by atoms with E-state index in [0.717, 1.165) is 60.7 Å². The maximum absolute atomic E-state index is 10.8. The Labute approximate surface area is 245 Å². The molecule has 0 fully saturated rings. The van der Waals surface area contributed by atoms with Gasteiger partial charge in [0, 0.05) is 47.6 Å². The number of hydrogen-bond acceptors (Lipinski definition) is 4. The molecule has 3 nitrogen and oxygen atoms in total. The lowest BCUT2D eigenvalue weighted by Crippen LogP contribution is -1.94. The van der Waals surface area contributed by atoms with Gasteiger partial charge in [0.1, 0.15) is 17.2 Å². The van der Waals surface area contributed by atoms with Crippen molar-refractivity contribution < 1.29 is 4.42 Å². The highest BCUT2D eigenvalue weighted by Gasteiger charge is 2.22. The standard InChI is InChI=1S/C38H20N2OS/c39-21-23-9-1-2-10-25(23)24-19-31(27-13-8-18-36-37(27)30-12-4-6-17-35(30)42-36)33(22-40)32(20-24)29-15-7-14-28-26-11-3-5-16-34(26)41-38(28)29/h1-20H. The van der Waals surface area contributed by atoms with Crippen molar-refractivity contribution in [1.82, 2.24) is 0 Å². The third kappa shape index (κ3) is 3.57. The number of rotatable bonds is 3. The van der Waals surface area contributed by atoms with Crippen molar-refractivity contribution >= 4 is 53.4 Å². The van der Waals surface area contributed by atoms with Gasteiger partial charge in [-0.15, -0.1) is 11.3 Å². The largest absolute Gasteiger partial charge is 0.455 e. The molecule has 0 unspecified atom stereocenters. The first-order valence-electron chi connectivity index (χ1n) is 13.6. The van der Waals surface area contributed by atoms with Gasteiger partial charge in [-0.25, -0.2) is 0 Å². The van der Waals surface area contributed by atoms with Crippen LogP contribution in [0.15, 0.2) is 126 Å². The number of thiophene rings is 1. The van der Waals surface area contributed by atoms with E-state index in [1.54, 1.807) is 11.3 Å². The minimum absolute atomic E-state index is 0.573. The van der Waals surface area contributed by atoms with E-state index in [2.05, 4.69) is 72.8 Å². The molecule has 0 bridgehead atoms. The van der Waals surface area contributed by atoms with Crippen molar-refractivity contribution in [1.29, 1.82) is 10.5 Å². The molecular weight excluding hydrogens is 532 g/mol. The van der Waals surface area contributed by atoms with Gasteiger partial charge in [0.25, 0.3) is 0 Å². The summed E-state index contributed by atoms with van der Waals surface area (Å²) >= 11 is 1.75. The summed E-state index contributed by atoms with van der Waals surface area (Å²) < 4.78 is 8.80. The third-order valence-corrected chi connectivity index (χ3v) is 9.13. The Bertz CT molecular complexity index is 2450. The van der Waals surface area contributed by atoms with Crippen LogP contribution < -0.4 is 0 Å². The summed E-state index contributed by atoms with van der Waals surface area (Å²) in [5.41, 5.74) is 7.86. The Morgan fingerprint density at radius 3 is 2.02 bits per heavy atom. The Balaban J connectivity index is 1.52. The van der Waals surface area contributed by atoms with Crippen molar-refractivity contribution in [3.63, 3.8) is 0 Å². The molecule has 0 amide bonds. The normalized spacial score (nSPS) is 11.3. The summed E-state index contributed by atoms with van der Waals surface area (Å²) in [6, 6.07) is 45.5. The molecule has 0 saturated carbocycles. The highest BCUT2D eigenvalue weighted by Crippen LogP contribution is 2.45. The van der Waals surface area contributed by atoms with Crippen molar-refractivity contribution in [3.8, 4) is 45.5 Å². The number of benzene rings is 6. The van der Waals surface area contributed by atoms with Crippen molar-refractivity contribution in [2.75, 3.05) is 0 Å². The van der Waals surface area contributed by atoms with E-state index in [0.29, 0.717) is 11.1 Å². The van der Waals surface area contributed by atoms with Gasteiger partial charge in [0.2, 0.25) is 0 Å². The lowest BCUT2D eigenvalue weighted by atomic mass is 9.86. The fourth-order valence-electron chi connectivity index (χ4n) is 6.13. The SMILES string of the molecule is N#Cc1ccccc1-c1cc(-c2cccc3c2oc2ccccc23)c(C#N)c(-c2cccc3sc4ccccc4c23)c1. The first kappa shape index (κ1) is 24.1. The monoisotopic (exact) mass is 552 g/mol. The fourth-order valence-corrected chi connectivity index (χ4v) is 7.27. The third-order valence-electron chi connectivity index (χ3n) is 8.00. The molecule has 0 radical (unpaired) electrons. The van der Waals surface area contributed by atoms with Crippen LogP contribution in [0.4, 0.5) is 0 Å². The zero-order valence-electron chi connectivity index (χ0n) is 22.3. The molecular formula is C38H20N2OS. The number of nitriles is 2. The number of para-hydroxylation sites is 2. The summed E-state index contributed by atoms with van der Waals surface area (Å²) in [5.74, 6) is 0. The van der Waals surface area contributed by atoms with Crippen LogP contribution in [0.1, 0.15) is 11.1 Å². The van der Waals surface area contributed by atoms with Gasteiger partial charge < -0.3 is 4.42 Å². The predicted molar refractivity (Wildman–Crippen MR) is 172 cm³/mol. The van der Waals surface area contributed by atoms with Crippen molar-refractivity contribution in [2.24, 2.45) is 0 Å². The highest BCUT2D eigenvalue weighted by atomic mass is 32.1. The second kappa shape index (κ2) is 9.46. The molecule has 0 atom stereocenters. The zero-order chi connectivity index (χ0) is 28.2. The van der Waals surface area contributed by atoms with Gasteiger partial charge in [0.15, 0.2) is 0 Å². The maximum atomic E-state index is 10.8. The lowest BCUT2D eigenvalue weighted by molar-refractivity contribution is 0.670. The minimum Gasteiger partial charge on any atom is -0.455 e. The molecule has 0 aliphatic rings. The van der Waals surface area contributed by atoms with Crippen LogP contribution >= 0.6 is 11.3 Å². The zero-order valence-corrected chi connectivity index (χ0v) is 23.1. The summed E-state index contributed by atoms with van der Waals surface area (Å²) in [7, 11) is 0. The molecule has 0 N–H and O–H groups in total. The molecule has 0 aliphatic carbocycles. The van der Waals surface area contributed by atoms with Gasteiger partial charge in [-0.1, -0.05) is 84.9 Å².